The van der Waals surface area contributed by atoms with Crippen molar-refractivity contribution in [1.29, 1.82) is 0 Å². The quantitative estimate of drug-likeness (QED) is 0.682. The third kappa shape index (κ3) is 7.48. The summed E-state index contributed by atoms with van der Waals surface area (Å²) < 4.78 is 19.2. The molecule has 0 aromatic heterocycles. The lowest BCUT2D eigenvalue weighted by molar-refractivity contribution is 0.163. The van der Waals surface area contributed by atoms with Crippen molar-refractivity contribution in [3.63, 3.8) is 0 Å². The molecule has 8 heteroatoms. The molecule has 3 N–H and O–H groups in total. The van der Waals surface area contributed by atoms with Crippen molar-refractivity contribution in [2.45, 2.75) is 39.3 Å². The molecule has 1 rings (SSSR count). The number of β-amino-alcohol motifs (C(OH)–C–C–N with tert-alkyl or cyclic N) is 1. The van der Waals surface area contributed by atoms with Crippen molar-refractivity contribution in [2.24, 2.45) is 0 Å². The second-order valence-corrected chi connectivity index (χ2v) is 6.71. The SMILES string of the molecule is CCOC(=O)Nc1c(F)cc(C(O)CNC(C)(C)C)cc1Br.Cl. The lowest BCUT2D eigenvalue weighted by Crippen LogP contribution is -2.38. The molecule has 0 bridgehead atoms. The van der Waals surface area contributed by atoms with Crippen LogP contribution in [-0.2, 0) is 4.74 Å². The van der Waals surface area contributed by atoms with Gasteiger partial charge in [-0.15, -0.1) is 12.4 Å². The highest BCUT2D eigenvalue weighted by Gasteiger charge is 2.18. The first-order valence-electron chi connectivity index (χ1n) is 7.00. The summed E-state index contributed by atoms with van der Waals surface area (Å²) in [6, 6.07) is 2.76. The van der Waals surface area contributed by atoms with Gasteiger partial charge in [0, 0.05) is 16.6 Å². The van der Waals surface area contributed by atoms with Gasteiger partial charge in [-0.05, 0) is 61.3 Å². The highest BCUT2D eigenvalue weighted by Crippen LogP contribution is 2.30. The number of aliphatic hydroxyl groups excluding tert-OH is 1. The van der Waals surface area contributed by atoms with Crippen LogP contribution in [0, 0.1) is 5.82 Å². The van der Waals surface area contributed by atoms with E-state index in [0.29, 0.717) is 16.6 Å². The van der Waals surface area contributed by atoms with E-state index in [1.165, 1.54) is 6.07 Å². The molecule has 1 aromatic carbocycles. The molecule has 0 saturated carbocycles. The monoisotopic (exact) mass is 412 g/mol. The van der Waals surface area contributed by atoms with Crippen molar-refractivity contribution in [3.8, 4) is 0 Å². The molecule has 1 aromatic rings. The van der Waals surface area contributed by atoms with Crippen molar-refractivity contribution < 1.29 is 19.0 Å². The van der Waals surface area contributed by atoms with E-state index in [4.69, 9.17) is 4.74 Å². The van der Waals surface area contributed by atoms with Gasteiger partial charge in [-0.1, -0.05) is 0 Å². The normalized spacial score (nSPS) is 12.3. The van der Waals surface area contributed by atoms with Gasteiger partial charge in [-0.2, -0.15) is 0 Å². The Morgan fingerprint density at radius 1 is 1.43 bits per heavy atom. The Labute approximate surface area is 150 Å². The van der Waals surface area contributed by atoms with Crippen molar-refractivity contribution >= 4 is 40.1 Å². The van der Waals surface area contributed by atoms with E-state index in [9.17, 15) is 14.3 Å². The van der Waals surface area contributed by atoms with Gasteiger partial charge in [0.2, 0.25) is 0 Å². The van der Waals surface area contributed by atoms with E-state index in [1.54, 1.807) is 13.0 Å². The molecule has 0 saturated heterocycles. The first-order valence-corrected chi connectivity index (χ1v) is 7.79. The van der Waals surface area contributed by atoms with E-state index in [0.717, 1.165) is 0 Å². The van der Waals surface area contributed by atoms with Gasteiger partial charge in [-0.3, -0.25) is 5.32 Å². The predicted molar refractivity (Wildman–Crippen MR) is 94.7 cm³/mol. The maximum absolute atomic E-state index is 14.1. The number of amides is 1. The zero-order valence-corrected chi connectivity index (χ0v) is 16.0. The molecular formula is C15H23BrClFN2O3. The molecule has 0 aliphatic rings. The Morgan fingerprint density at radius 3 is 2.52 bits per heavy atom. The number of halogens is 3. The van der Waals surface area contributed by atoms with Crippen LogP contribution < -0.4 is 10.6 Å². The topological polar surface area (TPSA) is 70.6 Å². The zero-order valence-electron chi connectivity index (χ0n) is 13.6. The largest absolute Gasteiger partial charge is 0.450 e. The Balaban J connectivity index is 0.00000484. The van der Waals surface area contributed by atoms with E-state index >= 15 is 0 Å². The molecule has 1 amide bonds. The summed E-state index contributed by atoms with van der Waals surface area (Å²) in [4.78, 5) is 11.4. The number of nitrogens with one attached hydrogen (secondary N) is 2. The summed E-state index contributed by atoms with van der Waals surface area (Å²) in [5, 5.41) is 15.6. The third-order valence-electron chi connectivity index (χ3n) is 2.78. The van der Waals surface area contributed by atoms with Gasteiger partial charge in [0.25, 0.3) is 0 Å². The molecule has 0 fully saturated rings. The highest BCUT2D eigenvalue weighted by molar-refractivity contribution is 9.10. The second kappa shape index (κ2) is 9.42. The van der Waals surface area contributed by atoms with Crippen molar-refractivity contribution in [3.05, 3.63) is 28.0 Å². The Kier molecular flexibility index (Phi) is 9.05. The molecule has 1 unspecified atom stereocenters. The van der Waals surface area contributed by atoms with Crippen LogP contribution in [0.15, 0.2) is 16.6 Å². The van der Waals surface area contributed by atoms with E-state index in [1.807, 2.05) is 20.8 Å². The average molecular weight is 414 g/mol. The molecule has 23 heavy (non-hydrogen) atoms. The minimum absolute atomic E-state index is 0. The van der Waals surface area contributed by atoms with Crippen LogP contribution >= 0.6 is 28.3 Å². The molecule has 1 atom stereocenters. The fourth-order valence-corrected chi connectivity index (χ4v) is 2.25. The van der Waals surface area contributed by atoms with Gasteiger partial charge < -0.3 is 15.2 Å². The molecule has 0 aliphatic heterocycles. The Morgan fingerprint density at radius 2 is 2.04 bits per heavy atom. The smallest absolute Gasteiger partial charge is 0.411 e. The fourth-order valence-electron chi connectivity index (χ4n) is 1.69. The standard InChI is InChI=1S/C15H22BrFN2O3.ClH/c1-5-22-14(21)19-13-10(16)6-9(7-11(13)17)12(20)8-18-15(2,3)4;/h6-7,12,18,20H,5,8H2,1-4H3,(H,19,21);1H. The molecule has 0 spiro atoms. The summed E-state index contributed by atoms with van der Waals surface area (Å²) in [5.74, 6) is -0.646. The highest BCUT2D eigenvalue weighted by atomic mass is 79.9. The van der Waals surface area contributed by atoms with Crippen LogP contribution in [-0.4, -0.2) is 29.9 Å². The number of hydrogen-bond donors (Lipinski definition) is 3. The summed E-state index contributed by atoms with van der Waals surface area (Å²) in [6.07, 6.45) is -1.59. The Hall–Kier alpha value is -0.890. The lowest BCUT2D eigenvalue weighted by Gasteiger charge is -2.23. The maximum atomic E-state index is 14.1. The number of benzene rings is 1. The van der Waals surface area contributed by atoms with Crippen LogP contribution in [0.4, 0.5) is 14.9 Å². The molecule has 5 nitrogen and oxygen atoms in total. The summed E-state index contributed by atoms with van der Waals surface area (Å²) >= 11 is 3.19. The van der Waals surface area contributed by atoms with Gasteiger partial charge in [0.1, 0.15) is 5.82 Å². The van der Waals surface area contributed by atoms with E-state index in [-0.39, 0.29) is 30.2 Å². The second-order valence-electron chi connectivity index (χ2n) is 5.85. The number of rotatable bonds is 5. The number of carbonyl (C=O) groups is 1. The van der Waals surface area contributed by atoms with Crippen LogP contribution in [0.2, 0.25) is 0 Å². The van der Waals surface area contributed by atoms with Gasteiger partial charge in [0.15, 0.2) is 0 Å². The summed E-state index contributed by atoms with van der Waals surface area (Å²) in [7, 11) is 0. The van der Waals surface area contributed by atoms with E-state index in [2.05, 4.69) is 26.6 Å². The molecular weight excluding hydrogens is 391 g/mol. The fraction of sp³-hybridized carbons (Fsp3) is 0.533. The molecule has 0 radical (unpaired) electrons. The van der Waals surface area contributed by atoms with Crippen LogP contribution in [0.1, 0.15) is 39.4 Å². The Bertz CT molecular complexity index is 515. The molecule has 0 aliphatic carbocycles. The first kappa shape index (κ1) is 22.1. The number of hydrogen-bond acceptors (Lipinski definition) is 4. The lowest BCUT2D eigenvalue weighted by atomic mass is 10.1. The average Bonchev–Trinajstić information content (AvgIpc) is 2.39. The predicted octanol–water partition coefficient (Wildman–Crippen LogP) is 4.00. The number of carbonyl (C=O) groups excluding carboxylic acids is 1. The minimum Gasteiger partial charge on any atom is -0.450 e. The summed E-state index contributed by atoms with van der Waals surface area (Å²) in [6.45, 7) is 8.07. The minimum atomic E-state index is -0.860. The van der Waals surface area contributed by atoms with Crippen LogP contribution in [0.5, 0.6) is 0 Å². The van der Waals surface area contributed by atoms with E-state index < -0.39 is 18.0 Å². The third-order valence-corrected chi connectivity index (χ3v) is 3.40. The van der Waals surface area contributed by atoms with Crippen LogP contribution in [0.25, 0.3) is 0 Å². The number of anilines is 1. The van der Waals surface area contributed by atoms with Gasteiger partial charge in [0.05, 0.1) is 18.4 Å². The molecule has 0 heterocycles. The van der Waals surface area contributed by atoms with Gasteiger partial charge >= 0.3 is 6.09 Å². The van der Waals surface area contributed by atoms with Crippen molar-refractivity contribution in [2.75, 3.05) is 18.5 Å². The maximum Gasteiger partial charge on any atom is 0.411 e. The summed E-state index contributed by atoms with van der Waals surface area (Å²) in [5.41, 5.74) is 0.246. The zero-order chi connectivity index (χ0) is 16.9. The van der Waals surface area contributed by atoms with Crippen LogP contribution in [0.3, 0.4) is 0 Å². The number of aliphatic hydroxyl groups is 1. The van der Waals surface area contributed by atoms with Crippen molar-refractivity contribution in [1.82, 2.24) is 5.32 Å². The first-order chi connectivity index (χ1) is 10.1. The number of ether oxygens (including phenoxy) is 1. The van der Waals surface area contributed by atoms with Gasteiger partial charge in [-0.25, -0.2) is 9.18 Å². The molecule has 132 valence electrons.